The zero-order valence-electron chi connectivity index (χ0n) is 14.2. The second-order valence-corrected chi connectivity index (χ2v) is 5.85. The molecule has 1 heterocycles. The minimum absolute atomic E-state index is 0.0378. The maximum absolute atomic E-state index is 11.4. The molecule has 27 heavy (non-hydrogen) atoms. The Bertz CT molecular complexity index is 1030. The molecule has 0 fully saturated rings. The molecule has 140 valence electrons. The molecule has 0 aliphatic carbocycles. The summed E-state index contributed by atoms with van der Waals surface area (Å²) in [5.41, 5.74) is 6.39. The molecule has 1 aromatic heterocycles. The predicted molar refractivity (Wildman–Crippen MR) is 96.8 cm³/mol. The minimum Gasteiger partial charge on any atom is -0.507 e. The van der Waals surface area contributed by atoms with E-state index < -0.39 is 11.9 Å². The van der Waals surface area contributed by atoms with E-state index in [0.717, 1.165) is 0 Å². The monoisotopic (exact) mass is 390 g/mol. The lowest BCUT2D eigenvalue weighted by molar-refractivity contribution is -0.145. The van der Waals surface area contributed by atoms with Crippen molar-refractivity contribution in [2.24, 2.45) is 5.73 Å². The number of rotatable bonds is 6. The molecule has 0 unspecified atom stereocenters. The number of carbonyl (C=O) groups is 2. The molecule has 0 saturated carbocycles. The summed E-state index contributed by atoms with van der Waals surface area (Å²) < 4.78 is 15.4. The first kappa shape index (κ1) is 18.5. The average molecular weight is 391 g/mol. The molecule has 0 bridgehead atoms. The third-order valence-corrected chi connectivity index (χ3v) is 4.09. The van der Waals surface area contributed by atoms with Gasteiger partial charge in [-0.15, -0.1) is 0 Å². The Morgan fingerprint density at radius 1 is 1.30 bits per heavy atom. The third kappa shape index (κ3) is 3.65. The van der Waals surface area contributed by atoms with Crippen LogP contribution in [0.2, 0.25) is 5.02 Å². The van der Waals surface area contributed by atoms with Crippen LogP contribution in [0.1, 0.15) is 17.3 Å². The fraction of sp³-hybridized carbons (Fsp3) is 0.167. The van der Waals surface area contributed by atoms with Gasteiger partial charge in [-0.05, 0) is 37.3 Å². The standard InChI is InChI=1S/C18H15ClN2O6/c1-2-25-14(23)8-26-13-6-4-10-16(21-27-17(10)15(13)19)9-3-5-12(22)11(7-9)18(20)24/h3-7,22H,2,8H2,1H3,(H2,20,24). The number of ether oxygens (including phenoxy) is 2. The maximum atomic E-state index is 11.4. The van der Waals surface area contributed by atoms with E-state index in [4.69, 9.17) is 31.3 Å². The van der Waals surface area contributed by atoms with Crippen LogP contribution >= 0.6 is 11.6 Å². The van der Waals surface area contributed by atoms with Crippen molar-refractivity contribution in [3.05, 3.63) is 40.9 Å². The molecule has 0 spiro atoms. The Morgan fingerprint density at radius 2 is 2.07 bits per heavy atom. The highest BCUT2D eigenvalue weighted by molar-refractivity contribution is 6.36. The zero-order chi connectivity index (χ0) is 19.6. The molecule has 8 nitrogen and oxygen atoms in total. The number of hydrogen-bond donors (Lipinski definition) is 2. The molecule has 3 rings (SSSR count). The molecule has 0 saturated heterocycles. The number of carbonyl (C=O) groups excluding carboxylic acids is 2. The summed E-state index contributed by atoms with van der Waals surface area (Å²) in [5, 5.41) is 14.4. The van der Waals surface area contributed by atoms with Crippen molar-refractivity contribution in [1.82, 2.24) is 5.16 Å². The Morgan fingerprint density at radius 3 is 2.78 bits per heavy atom. The summed E-state index contributed by atoms with van der Waals surface area (Å²) in [6.45, 7) is 1.65. The fourth-order valence-electron chi connectivity index (χ4n) is 2.49. The number of fused-ring (bicyclic) bond motifs is 1. The van der Waals surface area contributed by atoms with E-state index in [1.165, 1.54) is 12.1 Å². The normalized spacial score (nSPS) is 10.7. The molecule has 1 amide bonds. The van der Waals surface area contributed by atoms with Crippen LogP contribution in [0.15, 0.2) is 34.9 Å². The molecular formula is C18H15ClN2O6. The van der Waals surface area contributed by atoms with Crippen LogP contribution in [-0.4, -0.2) is 35.4 Å². The van der Waals surface area contributed by atoms with Crippen LogP contribution in [0.3, 0.4) is 0 Å². The summed E-state index contributed by atoms with van der Waals surface area (Å²) in [6, 6.07) is 7.55. The van der Waals surface area contributed by atoms with Gasteiger partial charge in [0.2, 0.25) is 0 Å². The van der Waals surface area contributed by atoms with E-state index in [1.807, 2.05) is 0 Å². The molecule has 9 heteroatoms. The van der Waals surface area contributed by atoms with Crippen molar-refractivity contribution < 1.29 is 28.7 Å². The zero-order valence-corrected chi connectivity index (χ0v) is 14.9. The lowest BCUT2D eigenvalue weighted by Crippen LogP contribution is -2.14. The summed E-state index contributed by atoms with van der Waals surface area (Å²) >= 11 is 6.28. The molecular weight excluding hydrogens is 376 g/mol. The first-order valence-corrected chi connectivity index (χ1v) is 8.29. The largest absolute Gasteiger partial charge is 0.507 e. The van der Waals surface area contributed by atoms with Crippen LogP contribution in [0.25, 0.3) is 22.2 Å². The third-order valence-electron chi connectivity index (χ3n) is 3.73. The van der Waals surface area contributed by atoms with E-state index in [9.17, 15) is 14.7 Å². The first-order chi connectivity index (χ1) is 12.9. The Balaban J connectivity index is 1.96. The number of amides is 1. The van der Waals surface area contributed by atoms with Gasteiger partial charge in [-0.3, -0.25) is 4.79 Å². The maximum Gasteiger partial charge on any atom is 0.344 e. The number of halogens is 1. The molecule has 0 aliphatic rings. The van der Waals surface area contributed by atoms with Gasteiger partial charge >= 0.3 is 5.97 Å². The number of phenols is 1. The second-order valence-electron chi connectivity index (χ2n) is 5.48. The van der Waals surface area contributed by atoms with Crippen LogP contribution in [0.5, 0.6) is 11.5 Å². The van der Waals surface area contributed by atoms with Crippen LogP contribution < -0.4 is 10.5 Å². The van der Waals surface area contributed by atoms with Gasteiger partial charge in [-0.1, -0.05) is 16.8 Å². The Kier molecular flexibility index (Phi) is 5.18. The second kappa shape index (κ2) is 7.55. The van der Waals surface area contributed by atoms with E-state index in [1.54, 1.807) is 25.1 Å². The Labute approximate surface area is 158 Å². The SMILES string of the molecule is CCOC(=O)COc1ccc2c(-c3ccc(O)c(C(N)=O)c3)noc2c1Cl. The number of primary amides is 1. The average Bonchev–Trinajstić information content (AvgIpc) is 3.06. The number of hydrogen-bond acceptors (Lipinski definition) is 7. The van der Waals surface area contributed by atoms with Gasteiger partial charge in [-0.25, -0.2) is 4.79 Å². The first-order valence-electron chi connectivity index (χ1n) is 7.91. The van der Waals surface area contributed by atoms with Crippen molar-refractivity contribution in [2.45, 2.75) is 6.92 Å². The minimum atomic E-state index is -0.769. The van der Waals surface area contributed by atoms with Crippen LogP contribution in [-0.2, 0) is 9.53 Å². The fourth-order valence-corrected chi connectivity index (χ4v) is 2.75. The highest BCUT2D eigenvalue weighted by atomic mass is 35.5. The summed E-state index contributed by atoms with van der Waals surface area (Å²) in [5.74, 6) is -1.28. The van der Waals surface area contributed by atoms with Gasteiger partial charge in [0.1, 0.15) is 22.2 Å². The van der Waals surface area contributed by atoms with Crippen molar-refractivity contribution >= 4 is 34.4 Å². The highest BCUT2D eigenvalue weighted by Gasteiger charge is 2.19. The van der Waals surface area contributed by atoms with E-state index >= 15 is 0 Å². The number of nitrogens with zero attached hydrogens (tertiary/aromatic N) is 1. The van der Waals surface area contributed by atoms with Crippen LogP contribution in [0, 0.1) is 0 Å². The smallest absolute Gasteiger partial charge is 0.344 e. The molecule has 3 aromatic rings. The number of nitrogens with two attached hydrogens (primary N) is 1. The van der Waals surface area contributed by atoms with Gasteiger partial charge in [0, 0.05) is 5.56 Å². The lowest BCUT2D eigenvalue weighted by atomic mass is 10.0. The molecule has 2 aromatic carbocycles. The molecule has 0 atom stereocenters. The highest BCUT2D eigenvalue weighted by Crippen LogP contribution is 2.38. The van der Waals surface area contributed by atoms with Gasteiger partial charge < -0.3 is 24.8 Å². The van der Waals surface area contributed by atoms with Crippen LogP contribution in [0.4, 0.5) is 0 Å². The number of benzene rings is 2. The van der Waals surface area contributed by atoms with Crippen molar-refractivity contribution in [3.8, 4) is 22.8 Å². The topological polar surface area (TPSA) is 125 Å². The van der Waals surface area contributed by atoms with Crippen molar-refractivity contribution in [2.75, 3.05) is 13.2 Å². The van der Waals surface area contributed by atoms with Gasteiger partial charge in [0.05, 0.1) is 17.6 Å². The lowest BCUT2D eigenvalue weighted by Gasteiger charge is -2.07. The number of esters is 1. The predicted octanol–water partition coefficient (Wildman–Crippen LogP) is 2.89. The number of aromatic hydroxyl groups is 1. The van der Waals surface area contributed by atoms with E-state index in [2.05, 4.69) is 5.16 Å². The molecule has 0 radical (unpaired) electrons. The van der Waals surface area contributed by atoms with E-state index in [0.29, 0.717) is 16.6 Å². The summed E-state index contributed by atoms with van der Waals surface area (Å²) in [7, 11) is 0. The summed E-state index contributed by atoms with van der Waals surface area (Å²) in [6.07, 6.45) is 0. The van der Waals surface area contributed by atoms with Crippen molar-refractivity contribution in [3.63, 3.8) is 0 Å². The summed E-state index contributed by atoms with van der Waals surface area (Å²) in [4.78, 5) is 22.8. The molecule has 0 aliphatic heterocycles. The molecule has 3 N–H and O–H groups in total. The van der Waals surface area contributed by atoms with Gasteiger partial charge in [0.15, 0.2) is 12.2 Å². The Hall–Kier alpha value is -3.26. The van der Waals surface area contributed by atoms with Crippen molar-refractivity contribution in [1.29, 1.82) is 0 Å². The van der Waals surface area contributed by atoms with Gasteiger partial charge in [-0.2, -0.15) is 0 Å². The quantitative estimate of drug-likeness (QED) is 0.620. The number of aromatic nitrogens is 1. The van der Waals surface area contributed by atoms with E-state index in [-0.39, 0.29) is 40.9 Å². The van der Waals surface area contributed by atoms with Gasteiger partial charge in [0.25, 0.3) is 5.91 Å².